The zero-order valence-electron chi connectivity index (χ0n) is 12.2. The van der Waals surface area contributed by atoms with Gasteiger partial charge in [-0.1, -0.05) is 25.1 Å². The van der Waals surface area contributed by atoms with Crippen molar-refractivity contribution in [3.63, 3.8) is 0 Å². The average Bonchev–Trinajstić information content (AvgIpc) is 2.55. The number of ether oxygens (including phenoxy) is 2. The maximum atomic E-state index is 6.10. The maximum absolute atomic E-state index is 6.10. The zero-order chi connectivity index (χ0) is 14.5. The van der Waals surface area contributed by atoms with E-state index in [4.69, 9.17) is 9.47 Å². The van der Waals surface area contributed by atoms with Crippen molar-refractivity contribution in [1.29, 1.82) is 0 Å². The topological polar surface area (TPSA) is 43.4 Å². The smallest absolute Gasteiger partial charge is 0.161 e. The average molecular weight is 284 g/mol. The number of hydrogen-bond donors (Lipinski definition) is 1. The Bertz CT molecular complexity index is 574. The summed E-state index contributed by atoms with van der Waals surface area (Å²) >= 11 is 0. The summed E-state index contributed by atoms with van der Waals surface area (Å²) in [6.45, 7) is 3.55. The fraction of sp³-hybridized carbons (Fsp3) is 0.353. The SMILES string of the molecule is CCNC(Cc1ccccn1)C1COc2ccccc2O1. The Kier molecular flexibility index (Phi) is 4.36. The molecule has 0 radical (unpaired) electrons. The number of pyridine rings is 1. The van der Waals surface area contributed by atoms with E-state index in [1.807, 2.05) is 48.7 Å². The van der Waals surface area contributed by atoms with Crippen LogP contribution >= 0.6 is 0 Å². The van der Waals surface area contributed by atoms with Gasteiger partial charge in [-0.2, -0.15) is 0 Å². The minimum absolute atomic E-state index is 0.0122. The minimum atomic E-state index is -0.0122. The van der Waals surface area contributed by atoms with Gasteiger partial charge in [-0.3, -0.25) is 4.98 Å². The van der Waals surface area contributed by atoms with Gasteiger partial charge in [0.1, 0.15) is 12.7 Å². The minimum Gasteiger partial charge on any atom is -0.486 e. The Morgan fingerprint density at radius 2 is 2.00 bits per heavy atom. The first-order valence-electron chi connectivity index (χ1n) is 7.38. The molecule has 0 amide bonds. The van der Waals surface area contributed by atoms with Crippen LogP contribution in [0.5, 0.6) is 11.5 Å². The Labute approximate surface area is 125 Å². The molecule has 2 aromatic rings. The molecule has 21 heavy (non-hydrogen) atoms. The number of fused-ring (bicyclic) bond motifs is 1. The van der Waals surface area contributed by atoms with Gasteiger partial charge in [0, 0.05) is 18.3 Å². The molecular weight excluding hydrogens is 264 g/mol. The van der Waals surface area contributed by atoms with Crippen LogP contribution in [0.15, 0.2) is 48.7 Å². The van der Waals surface area contributed by atoms with Crippen LogP contribution in [-0.4, -0.2) is 30.3 Å². The molecule has 1 aromatic heterocycles. The molecule has 2 unspecified atom stereocenters. The fourth-order valence-corrected chi connectivity index (χ4v) is 2.58. The van der Waals surface area contributed by atoms with E-state index in [0.717, 1.165) is 30.2 Å². The lowest BCUT2D eigenvalue weighted by Gasteiger charge is -2.32. The molecule has 0 spiro atoms. The maximum Gasteiger partial charge on any atom is 0.161 e. The van der Waals surface area contributed by atoms with Gasteiger partial charge in [-0.05, 0) is 30.8 Å². The molecule has 0 aliphatic carbocycles. The van der Waals surface area contributed by atoms with Crippen molar-refractivity contribution < 1.29 is 9.47 Å². The second kappa shape index (κ2) is 6.59. The zero-order valence-corrected chi connectivity index (χ0v) is 12.2. The van der Waals surface area contributed by atoms with Gasteiger partial charge in [-0.15, -0.1) is 0 Å². The number of nitrogens with zero attached hydrogens (tertiary/aromatic N) is 1. The van der Waals surface area contributed by atoms with E-state index in [-0.39, 0.29) is 12.1 Å². The van der Waals surface area contributed by atoms with Crippen LogP contribution in [0.1, 0.15) is 12.6 Å². The molecule has 4 heteroatoms. The molecule has 0 bridgehead atoms. The first kappa shape index (κ1) is 13.9. The Balaban J connectivity index is 1.73. The summed E-state index contributed by atoms with van der Waals surface area (Å²) in [4.78, 5) is 4.40. The number of nitrogens with one attached hydrogen (secondary N) is 1. The van der Waals surface area contributed by atoms with Gasteiger partial charge in [0.15, 0.2) is 11.5 Å². The lowest BCUT2D eigenvalue weighted by Crippen LogP contribution is -2.49. The van der Waals surface area contributed by atoms with Gasteiger partial charge >= 0.3 is 0 Å². The predicted molar refractivity (Wildman–Crippen MR) is 81.8 cm³/mol. The van der Waals surface area contributed by atoms with Crippen LogP contribution in [0.25, 0.3) is 0 Å². The third-order valence-electron chi connectivity index (χ3n) is 3.60. The standard InChI is InChI=1S/C17H20N2O2/c1-2-18-14(11-13-7-5-6-10-19-13)17-12-20-15-8-3-4-9-16(15)21-17/h3-10,14,17-18H,2,11-12H2,1H3. The van der Waals surface area contributed by atoms with Crippen molar-refractivity contribution >= 4 is 0 Å². The monoisotopic (exact) mass is 284 g/mol. The van der Waals surface area contributed by atoms with Crippen molar-refractivity contribution in [3.05, 3.63) is 54.4 Å². The molecule has 4 nitrogen and oxygen atoms in total. The fourth-order valence-electron chi connectivity index (χ4n) is 2.58. The molecule has 1 aliphatic heterocycles. The molecule has 2 atom stereocenters. The molecule has 1 aliphatic rings. The van der Waals surface area contributed by atoms with E-state index >= 15 is 0 Å². The number of rotatable bonds is 5. The molecule has 1 aromatic carbocycles. The highest BCUT2D eigenvalue weighted by molar-refractivity contribution is 5.40. The molecule has 0 fully saturated rings. The van der Waals surface area contributed by atoms with Crippen molar-refractivity contribution in [2.75, 3.05) is 13.2 Å². The van der Waals surface area contributed by atoms with Crippen molar-refractivity contribution in [2.24, 2.45) is 0 Å². The van der Waals surface area contributed by atoms with E-state index < -0.39 is 0 Å². The molecule has 0 saturated heterocycles. The summed E-state index contributed by atoms with van der Waals surface area (Å²) in [6, 6.07) is 14.0. The number of hydrogen-bond acceptors (Lipinski definition) is 4. The lowest BCUT2D eigenvalue weighted by atomic mass is 10.0. The van der Waals surface area contributed by atoms with Crippen LogP contribution < -0.4 is 14.8 Å². The van der Waals surface area contributed by atoms with E-state index in [1.165, 1.54) is 0 Å². The predicted octanol–water partition coefficient (Wildman–Crippen LogP) is 2.44. The summed E-state index contributed by atoms with van der Waals surface area (Å²) in [5, 5.41) is 3.49. The quantitative estimate of drug-likeness (QED) is 0.916. The molecule has 110 valence electrons. The highest BCUT2D eigenvalue weighted by Gasteiger charge is 2.28. The first-order valence-corrected chi connectivity index (χ1v) is 7.38. The van der Waals surface area contributed by atoms with Crippen molar-refractivity contribution in [2.45, 2.75) is 25.5 Å². The Morgan fingerprint density at radius 1 is 1.19 bits per heavy atom. The van der Waals surface area contributed by atoms with E-state index in [1.54, 1.807) is 0 Å². The van der Waals surface area contributed by atoms with Crippen LogP contribution in [0.2, 0.25) is 0 Å². The van der Waals surface area contributed by atoms with E-state index in [2.05, 4.69) is 17.2 Å². The van der Waals surface area contributed by atoms with Crippen LogP contribution in [0, 0.1) is 0 Å². The first-order chi connectivity index (χ1) is 10.4. The molecule has 3 rings (SSSR count). The van der Waals surface area contributed by atoms with E-state index in [0.29, 0.717) is 6.61 Å². The summed E-state index contributed by atoms with van der Waals surface area (Å²) in [7, 11) is 0. The van der Waals surface area contributed by atoms with Crippen LogP contribution in [0.3, 0.4) is 0 Å². The summed E-state index contributed by atoms with van der Waals surface area (Å²) in [5.41, 5.74) is 1.06. The number of likely N-dealkylation sites (N-methyl/N-ethyl adjacent to an activating group) is 1. The van der Waals surface area contributed by atoms with Gasteiger partial charge < -0.3 is 14.8 Å². The Morgan fingerprint density at radius 3 is 2.76 bits per heavy atom. The van der Waals surface area contributed by atoms with Crippen LogP contribution in [0.4, 0.5) is 0 Å². The number of benzene rings is 1. The van der Waals surface area contributed by atoms with Gasteiger partial charge in [-0.25, -0.2) is 0 Å². The summed E-state index contributed by atoms with van der Waals surface area (Å²) < 4.78 is 11.9. The molecule has 1 N–H and O–H groups in total. The Hall–Kier alpha value is -2.07. The van der Waals surface area contributed by atoms with Gasteiger partial charge in [0.05, 0.1) is 6.04 Å². The summed E-state index contributed by atoms with van der Waals surface area (Å²) in [6.07, 6.45) is 2.64. The van der Waals surface area contributed by atoms with Gasteiger partial charge in [0.25, 0.3) is 0 Å². The second-order valence-corrected chi connectivity index (χ2v) is 5.10. The molecular formula is C17H20N2O2. The largest absolute Gasteiger partial charge is 0.486 e. The molecule has 2 heterocycles. The third-order valence-corrected chi connectivity index (χ3v) is 3.60. The van der Waals surface area contributed by atoms with E-state index in [9.17, 15) is 0 Å². The number of para-hydroxylation sites is 2. The second-order valence-electron chi connectivity index (χ2n) is 5.10. The normalized spacial score (nSPS) is 18.2. The van der Waals surface area contributed by atoms with Crippen molar-refractivity contribution in [1.82, 2.24) is 10.3 Å². The van der Waals surface area contributed by atoms with Gasteiger partial charge in [0.2, 0.25) is 0 Å². The number of aromatic nitrogens is 1. The summed E-state index contributed by atoms with van der Waals surface area (Å²) in [5.74, 6) is 1.64. The highest BCUT2D eigenvalue weighted by atomic mass is 16.6. The molecule has 0 saturated carbocycles. The lowest BCUT2D eigenvalue weighted by molar-refractivity contribution is 0.0621. The van der Waals surface area contributed by atoms with Crippen molar-refractivity contribution in [3.8, 4) is 11.5 Å². The third kappa shape index (κ3) is 3.34. The van der Waals surface area contributed by atoms with Crippen LogP contribution in [-0.2, 0) is 6.42 Å². The highest BCUT2D eigenvalue weighted by Crippen LogP contribution is 2.31.